The normalized spacial score (nSPS) is 26.7. The van der Waals surface area contributed by atoms with E-state index in [0.29, 0.717) is 5.13 Å². The summed E-state index contributed by atoms with van der Waals surface area (Å²) in [6, 6.07) is 7.94. The van der Waals surface area contributed by atoms with Crippen LogP contribution in [0.15, 0.2) is 48.0 Å². The maximum Gasteiger partial charge on any atom is 0.246 e. The standard InChI is InChI=1S/C22H18N4O3S/c27-17(9-26-20(28)18-11-5-6-12(7-11)19(18)21(26)29)25-22-24-16(10-30-22)14-8-23-15-4-2-1-3-13(14)15/h1-6,8,10-12,18-19,23H,7,9H2,(H,24,25,27)/t11-,12-,18-,19-/m0/s1. The highest BCUT2D eigenvalue weighted by Gasteiger charge is 2.59. The molecule has 1 saturated carbocycles. The van der Waals surface area contributed by atoms with E-state index in [9.17, 15) is 14.4 Å². The van der Waals surface area contributed by atoms with E-state index >= 15 is 0 Å². The van der Waals surface area contributed by atoms with Gasteiger partial charge in [0.25, 0.3) is 0 Å². The quantitative estimate of drug-likeness (QED) is 0.503. The van der Waals surface area contributed by atoms with Crippen LogP contribution in [0.1, 0.15) is 6.42 Å². The van der Waals surface area contributed by atoms with Gasteiger partial charge in [-0.15, -0.1) is 11.3 Å². The zero-order valence-electron chi connectivity index (χ0n) is 15.9. The molecule has 1 aliphatic heterocycles. The van der Waals surface area contributed by atoms with Crippen molar-refractivity contribution in [1.82, 2.24) is 14.9 Å². The summed E-state index contributed by atoms with van der Waals surface area (Å²) in [6.45, 7) is -0.258. The van der Waals surface area contributed by atoms with Gasteiger partial charge < -0.3 is 10.3 Å². The Morgan fingerprint density at radius 1 is 1.17 bits per heavy atom. The molecule has 150 valence electrons. The fraction of sp³-hybridized carbons (Fsp3) is 0.273. The van der Waals surface area contributed by atoms with E-state index in [1.165, 1.54) is 11.3 Å². The highest BCUT2D eigenvalue weighted by Crippen LogP contribution is 2.52. The number of nitrogens with one attached hydrogen (secondary N) is 2. The van der Waals surface area contributed by atoms with Crippen molar-refractivity contribution < 1.29 is 14.4 Å². The lowest BCUT2D eigenvalue weighted by atomic mass is 9.85. The number of carbonyl (C=O) groups is 3. The van der Waals surface area contributed by atoms with Crippen molar-refractivity contribution in [2.24, 2.45) is 23.7 Å². The molecule has 7 nitrogen and oxygen atoms in total. The molecular weight excluding hydrogens is 400 g/mol. The second-order valence-electron chi connectivity index (χ2n) is 8.10. The van der Waals surface area contributed by atoms with Gasteiger partial charge in [-0.25, -0.2) is 4.98 Å². The third-order valence-corrected chi connectivity index (χ3v) is 7.24. The number of para-hydroxylation sites is 1. The van der Waals surface area contributed by atoms with Gasteiger partial charge in [0.1, 0.15) is 6.54 Å². The molecule has 2 bridgehead atoms. The first-order chi connectivity index (χ1) is 14.6. The average molecular weight is 418 g/mol. The lowest BCUT2D eigenvalue weighted by molar-refractivity contribution is -0.143. The molecule has 1 saturated heterocycles. The van der Waals surface area contributed by atoms with Crippen LogP contribution < -0.4 is 5.32 Å². The number of carbonyl (C=O) groups excluding carboxylic acids is 3. The third-order valence-electron chi connectivity index (χ3n) is 6.48. The van der Waals surface area contributed by atoms with Gasteiger partial charge in [0, 0.05) is 28.0 Å². The number of amides is 3. The van der Waals surface area contributed by atoms with Crippen LogP contribution in [0.2, 0.25) is 0 Å². The molecule has 30 heavy (non-hydrogen) atoms. The number of thiazole rings is 1. The van der Waals surface area contributed by atoms with E-state index < -0.39 is 5.91 Å². The highest BCUT2D eigenvalue weighted by molar-refractivity contribution is 7.14. The van der Waals surface area contributed by atoms with E-state index in [2.05, 4.69) is 15.3 Å². The Morgan fingerprint density at radius 3 is 2.67 bits per heavy atom. The maximum absolute atomic E-state index is 12.7. The third kappa shape index (κ3) is 2.50. The Bertz CT molecular complexity index is 1210. The molecule has 0 radical (unpaired) electrons. The molecule has 2 fully saturated rings. The molecule has 3 aliphatic rings. The summed E-state index contributed by atoms with van der Waals surface area (Å²) in [5, 5.41) is 6.13. The number of aromatic nitrogens is 2. The Kier molecular flexibility index (Phi) is 3.73. The lowest BCUT2D eigenvalue weighted by Crippen LogP contribution is -2.39. The molecular formula is C22H18N4O3S. The number of aromatic amines is 1. The number of hydrogen-bond acceptors (Lipinski definition) is 5. The van der Waals surface area contributed by atoms with Crippen molar-refractivity contribution in [3.8, 4) is 11.3 Å². The van der Waals surface area contributed by atoms with Crippen LogP contribution in [0.4, 0.5) is 5.13 Å². The molecule has 8 heteroatoms. The molecule has 1 aromatic carbocycles. The summed E-state index contributed by atoms with van der Waals surface area (Å²) in [4.78, 5) is 46.9. The number of imide groups is 1. The van der Waals surface area contributed by atoms with Crippen LogP contribution in [-0.2, 0) is 14.4 Å². The Morgan fingerprint density at radius 2 is 1.90 bits per heavy atom. The van der Waals surface area contributed by atoms with E-state index in [4.69, 9.17) is 0 Å². The predicted octanol–water partition coefficient (Wildman–Crippen LogP) is 3.04. The van der Waals surface area contributed by atoms with Crippen molar-refractivity contribution in [3.63, 3.8) is 0 Å². The van der Waals surface area contributed by atoms with E-state index in [-0.39, 0.29) is 42.0 Å². The van der Waals surface area contributed by atoms with Gasteiger partial charge in [0.15, 0.2) is 5.13 Å². The second kappa shape index (κ2) is 6.37. The number of hydrogen-bond donors (Lipinski definition) is 2. The van der Waals surface area contributed by atoms with Gasteiger partial charge in [-0.1, -0.05) is 30.4 Å². The summed E-state index contributed by atoms with van der Waals surface area (Å²) in [6.07, 6.45) is 6.86. The number of anilines is 1. The summed E-state index contributed by atoms with van der Waals surface area (Å²) < 4.78 is 0. The smallest absolute Gasteiger partial charge is 0.246 e. The first-order valence-corrected chi connectivity index (χ1v) is 10.8. The first-order valence-electron chi connectivity index (χ1n) is 9.95. The Hall–Kier alpha value is -3.26. The van der Waals surface area contributed by atoms with E-state index in [1.807, 2.05) is 48.0 Å². The number of H-pyrrole nitrogens is 1. The largest absolute Gasteiger partial charge is 0.360 e. The fourth-order valence-electron chi connectivity index (χ4n) is 5.16. The highest BCUT2D eigenvalue weighted by atomic mass is 32.1. The van der Waals surface area contributed by atoms with Gasteiger partial charge >= 0.3 is 0 Å². The number of fused-ring (bicyclic) bond motifs is 6. The predicted molar refractivity (Wildman–Crippen MR) is 112 cm³/mol. The number of likely N-dealkylation sites (tertiary alicyclic amines) is 1. The molecule has 3 aromatic rings. The van der Waals surface area contributed by atoms with Gasteiger partial charge in [-0.2, -0.15) is 0 Å². The van der Waals surface area contributed by atoms with Crippen molar-refractivity contribution in [2.75, 3.05) is 11.9 Å². The summed E-state index contributed by atoms with van der Waals surface area (Å²) in [5.74, 6) is -1.12. The van der Waals surface area contributed by atoms with Gasteiger partial charge in [0.2, 0.25) is 17.7 Å². The minimum absolute atomic E-state index is 0.141. The lowest BCUT2D eigenvalue weighted by Gasteiger charge is -2.16. The summed E-state index contributed by atoms with van der Waals surface area (Å²) >= 11 is 1.32. The first kappa shape index (κ1) is 17.6. The molecule has 6 rings (SSSR count). The zero-order chi connectivity index (χ0) is 20.4. The van der Waals surface area contributed by atoms with Crippen LogP contribution in [0.3, 0.4) is 0 Å². The Balaban J connectivity index is 1.17. The van der Waals surface area contributed by atoms with Crippen LogP contribution >= 0.6 is 11.3 Å². The zero-order valence-corrected chi connectivity index (χ0v) is 16.7. The molecule has 2 N–H and O–H groups in total. The van der Waals surface area contributed by atoms with Crippen molar-refractivity contribution in [1.29, 1.82) is 0 Å². The van der Waals surface area contributed by atoms with Crippen LogP contribution in [0.5, 0.6) is 0 Å². The van der Waals surface area contributed by atoms with Crippen LogP contribution in [0.25, 0.3) is 22.2 Å². The fourth-order valence-corrected chi connectivity index (χ4v) is 5.89. The molecule has 0 unspecified atom stereocenters. The Labute approximate surface area is 175 Å². The monoisotopic (exact) mass is 418 g/mol. The molecule has 2 aliphatic carbocycles. The SMILES string of the molecule is O=C(CN1C(=O)[C@@H]2[C@@H](C1=O)[C@H]1C=C[C@H]2C1)Nc1nc(-c2c[nH]c3ccccc23)cs1. The van der Waals surface area contributed by atoms with Crippen molar-refractivity contribution >= 4 is 45.1 Å². The van der Waals surface area contributed by atoms with E-state index in [1.54, 1.807) is 0 Å². The minimum atomic E-state index is -0.406. The van der Waals surface area contributed by atoms with Crippen LogP contribution in [-0.4, -0.2) is 39.1 Å². The average Bonchev–Trinajstić information content (AvgIpc) is 3.54. The summed E-state index contributed by atoms with van der Waals surface area (Å²) in [5.41, 5.74) is 2.74. The number of rotatable bonds is 4. The molecule has 3 heterocycles. The van der Waals surface area contributed by atoms with Crippen molar-refractivity contribution in [2.45, 2.75) is 6.42 Å². The molecule has 0 spiro atoms. The second-order valence-corrected chi connectivity index (χ2v) is 8.95. The van der Waals surface area contributed by atoms with Gasteiger partial charge in [-0.3, -0.25) is 19.3 Å². The molecule has 3 amide bonds. The van der Waals surface area contributed by atoms with Crippen molar-refractivity contribution in [3.05, 3.63) is 48.0 Å². The van der Waals surface area contributed by atoms with Crippen LogP contribution in [0, 0.1) is 23.7 Å². The van der Waals surface area contributed by atoms with E-state index in [0.717, 1.165) is 33.5 Å². The van der Waals surface area contributed by atoms with Gasteiger partial charge in [-0.05, 0) is 24.3 Å². The molecule has 2 aromatic heterocycles. The summed E-state index contributed by atoms with van der Waals surface area (Å²) in [7, 11) is 0. The number of benzene rings is 1. The topological polar surface area (TPSA) is 95.2 Å². The maximum atomic E-state index is 12.7. The number of nitrogens with zero attached hydrogens (tertiary/aromatic N) is 2. The van der Waals surface area contributed by atoms with Gasteiger partial charge in [0.05, 0.1) is 17.5 Å². The molecule has 4 atom stereocenters. The number of allylic oxidation sites excluding steroid dienone is 2. The minimum Gasteiger partial charge on any atom is -0.360 e.